The van der Waals surface area contributed by atoms with Gasteiger partial charge in [0.1, 0.15) is 0 Å². The molecule has 0 bridgehead atoms. The van der Waals surface area contributed by atoms with Crippen molar-refractivity contribution < 1.29 is 0 Å². The molecular weight excluding hydrogens is 188 g/mol. The summed E-state index contributed by atoms with van der Waals surface area (Å²) in [7, 11) is 1.19. The first-order valence-corrected chi connectivity index (χ1v) is 6.83. The summed E-state index contributed by atoms with van der Waals surface area (Å²) in [5.41, 5.74) is 0.227. The number of rotatable bonds is 1. The van der Waals surface area contributed by atoms with Gasteiger partial charge in [-0.15, -0.1) is 0 Å². The highest BCUT2D eigenvalue weighted by Crippen LogP contribution is 2.15. The molecule has 0 radical (unpaired) electrons. The SMILES string of the molecule is CC(=NC(C)(C)C)N(C[SiH3])C(C)(C)C. The first kappa shape index (κ1) is 13.7. The second kappa shape index (κ2) is 4.47. The molecule has 0 spiro atoms. The summed E-state index contributed by atoms with van der Waals surface area (Å²) >= 11 is 0. The zero-order valence-electron chi connectivity index (χ0n) is 11.1. The van der Waals surface area contributed by atoms with Gasteiger partial charge in [-0.05, 0) is 48.5 Å². The van der Waals surface area contributed by atoms with Crippen molar-refractivity contribution in [1.29, 1.82) is 0 Å². The van der Waals surface area contributed by atoms with Crippen LogP contribution in [0.2, 0.25) is 0 Å². The molecule has 0 N–H and O–H groups in total. The van der Waals surface area contributed by atoms with Crippen LogP contribution in [0.3, 0.4) is 0 Å². The molecule has 0 aromatic rings. The lowest BCUT2D eigenvalue weighted by molar-refractivity contribution is 0.265. The van der Waals surface area contributed by atoms with Gasteiger partial charge >= 0.3 is 0 Å². The van der Waals surface area contributed by atoms with Crippen LogP contribution in [0.15, 0.2) is 4.99 Å². The van der Waals surface area contributed by atoms with E-state index in [2.05, 4.69) is 53.4 Å². The molecule has 0 aliphatic heterocycles. The van der Waals surface area contributed by atoms with Crippen molar-refractivity contribution in [2.45, 2.75) is 59.5 Å². The summed E-state index contributed by atoms with van der Waals surface area (Å²) in [6.45, 7) is 15.3. The smallest absolute Gasteiger partial charge is 0.0965 e. The third kappa shape index (κ3) is 4.79. The summed E-state index contributed by atoms with van der Waals surface area (Å²) < 4.78 is 0. The first-order chi connectivity index (χ1) is 6.08. The average molecular weight is 214 g/mol. The summed E-state index contributed by atoms with van der Waals surface area (Å²) in [6.07, 6.45) is 1.15. The van der Waals surface area contributed by atoms with E-state index in [0.717, 1.165) is 6.17 Å². The maximum atomic E-state index is 4.71. The zero-order chi connectivity index (χ0) is 11.6. The van der Waals surface area contributed by atoms with Gasteiger partial charge in [0.05, 0.1) is 11.4 Å². The lowest BCUT2D eigenvalue weighted by atomic mass is 10.1. The second-order valence-electron chi connectivity index (χ2n) is 5.74. The fourth-order valence-electron chi connectivity index (χ4n) is 1.73. The Labute approximate surface area is 92.2 Å². The van der Waals surface area contributed by atoms with Crippen molar-refractivity contribution in [2.75, 3.05) is 6.17 Å². The van der Waals surface area contributed by atoms with Gasteiger partial charge in [0.25, 0.3) is 0 Å². The molecule has 3 heteroatoms. The number of aliphatic imine (C=N–C) groups is 1. The number of hydrogen-bond acceptors (Lipinski definition) is 1. The van der Waals surface area contributed by atoms with Crippen LogP contribution in [0, 0.1) is 0 Å². The normalized spacial score (nSPS) is 14.6. The van der Waals surface area contributed by atoms with E-state index in [1.807, 2.05) is 0 Å². The molecule has 0 amide bonds. The molecule has 0 unspecified atom stereocenters. The van der Waals surface area contributed by atoms with E-state index in [1.54, 1.807) is 0 Å². The van der Waals surface area contributed by atoms with Crippen molar-refractivity contribution >= 4 is 16.1 Å². The standard InChI is InChI=1S/C11H26N2Si/c1-9(12-10(2,3)4)13(8-14)11(5,6)7/h8H2,1-7,14H3. The molecule has 0 fully saturated rings. The third-order valence-corrected chi connectivity index (χ3v) is 2.65. The van der Waals surface area contributed by atoms with E-state index in [-0.39, 0.29) is 11.1 Å². The Hall–Kier alpha value is -0.313. The van der Waals surface area contributed by atoms with Crippen LogP contribution >= 0.6 is 0 Å². The molecule has 0 aliphatic carbocycles. The van der Waals surface area contributed by atoms with Gasteiger partial charge in [-0.25, -0.2) is 0 Å². The van der Waals surface area contributed by atoms with Crippen LogP contribution in [-0.2, 0) is 0 Å². The molecule has 0 heterocycles. The van der Waals surface area contributed by atoms with E-state index < -0.39 is 0 Å². The molecule has 84 valence electrons. The molecule has 0 aromatic heterocycles. The van der Waals surface area contributed by atoms with Crippen LogP contribution in [0.25, 0.3) is 0 Å². The largest absolute Gasteiger partial charge is 0.360 e. The molecule has 0 aromatic carbocycles. The van der Waals surface area contributed by atoms with E-state index in [4.69, 9.17) is 4.99 Å². The maximum Gasteiger partial charge on any atom is 0.0965 e. The van der Waals surface area contributed by atoms with E-state index in [9.17, 15) is 0 Å². The van der Waals surface area contributed by atoms with Gasteiger partial charge < -0.3 is 4.90 Å². The fraction of sp³-hybridized carbons (Fsp3) is 0.909. The second-order valence-corrected chi connectivity index (χ2v) is 6.38. The van der Waals surface area contributed by atoms with Gasteiger partial charge in [0.15, 0.2) is 0 Å². The van der Waals surface area contributed by atoms with Crippen LogP contribution < -0.4 is 0 Å². The molecular formula is C11H26N2Si. The van der Waals surface area contributed by atoms with Crippen molar-refractivity contribution in [3.8, 4) is 0 Å². The van der Waals surface area contributed by atoms with E-state index in [1.165, 1.54) is 16.1 Å². The average Bonchev–Trinajstić information content (AvgIpc) is 1.79. The summed E-state index contributed by atoms with van der Waals surface area (Å²) in [5, 5.41) is 0. The predicted molar refractivity (Wildman–Crippen MR) is 69.3 cm³/mol. The monoisotopic (exact) mass is 214 g/mol. The quantitative estimate of drug-likeness (QED) is 0.368. The third-order valence-electron chi connectivity index (χ3n) is 2.01. The van der Waals surface area contributed by atoms with E-state index >= 15 is 0 Å². The predicted octanol–water partition coefficient (Wildman–Crippen LogP) is 1.63. The van der Waals surface area contributed by atoms with Crippen molar-refractivity contribution in [2.24, 2.45) is 4.99 Å². The van der Waals surface area contributed by atoms with Crippen LogP contribution in [-0.4, -0.2) is 38.2 Å². The van der Waals surface area contributed by atoms with Gasteiger partial charge in [-0.3, -0.25) is 4.99 Å². The Bertz CT molecular complexity index is 208. The van der Waals surface area contributed by atoms with Gasteiger partial charge in [-0.1, -0.05) is 0 Å². The molecule has 0 saturated heterocycles. The minimum atomic E-state index is 0.0321. The Kier molecular flexibility index (Phi) is 4.37. The minimum Gasteiger partial charge on any atom is -0.360 e. The van der Waals surface area contributed by atoms with Gasteiger partial charge in [0.2, 0.25) is 0 Å². The molecule has 2 nitrogen and oxygen atoms in total. The van der Waals surface area contributed by atoms with Gasteiger partial charge in [0, 0.05) is 21.9 Å². The molecule has 0 rings (SSSR count). The van der Waals surface area contributed by atoms with Crippen molar-refractivity contribution in [3.05, 3.63) is 0 Å². The topological polar surface area (TPSA) is 15.6 Å². The maximum absolute atomic E-state index is 4.71. The summed E-state index contributed by atoms with van der Waals surface area (Å²) in [4.78, 5) is 7.11. The van der Waals surface area contributed by atoms with Gasteiger partial charge in [-0.2, -0.15) is 0 Å². The highest BCUT2D eigenvalue weighted by molar-refractivity contribution is 6.10. The number of hydrogen-bond donors (Lipinski definition) is 0. The van der Waals surface area contributed by atoms with Crippen molar-refractivity contribution in [3.63, 3.8) is 0 Å². The highest BCUT2D eigenvalue weighted by Gasteiger charge is 2.21. The summed E-state index contributed by atoms with van der Waals surface area (Å²) in [6, 6.07) is 0. The lowest BCUT2D eigenvalue weighted by Gasteiger charge is -2.37. The molecule has 14 heavy (non-hydrogen) atoms. The lowest BCUT2D eigenvalue weighted by Crippen LogP contribution is -2.46. The highest BCUT2D eigenvalue weighted by atomic mass is 28.1. The Balaban J connectivity index is 4.81. The fourth-order valence-corrected chi connectivity index (χ4v) is 3.14. The Morgan fingerprint density at radius 1 is 1.14 bits per heavy atom. The summed E-state index contributed by atoms with van der Waals surface area (Å²) in [5.74, 6) is 1.17. The molecule has 0 aliphatic rings. The van der Waals surface area contributed by atoms with Crippen LogP contribution in [0.5, 0.6) is 0 Å². The molecule has 0 atom stereocenters. The zero-order valence-corrected chi connectivity index (χ0v) is 13.1. The minimum absolute atomic E-state index is 0.0321. The molecule has 0 saturated carbocycles. The van der Waals surface area contributed by atoms with Crippen molar-refractivity contribution in [1.82, 2.24) is 4.90 Å². The van der Waals surface area contributed by atoms with Crippen LogP contribution in [0.1, 0.15) is 48.5 Å². The number of amidine groups is 1. The number of nitrogens with zero attached hydrogens (tertiary/aromatic N) is 2. The Morgan fingerprint density at radius 2 is 1.57 bits per heavy atom. The Morgan fingerprint density at radius 3 is 1.79 bits per heavy atom. The first-order valence-electron chi connectivity index (χ1n) is 5.42. The van der Waals surface area contributed by atoms with E-state index in [0.29, 0.717) is 0 Å². The van der Waals surface area contributed by atoms with Crippen LogP contribution in [0.4, 0.5) is 0 Å².